The average molecular weight is 528 g/mol. The van der Waals surface area contributed by atoms with E-state index in [1.54, 1.807) is 27.3 Å². The third-order valence-corrected chi connectivity index (χ3v) is 7.74. The van der Waals surface area contributed by atoms with Gasteiger partial charge < -0.3 is 34.4 Å². The molecular weight excluding hydrogens is 490 g/mol. The summed E-state index contributed by atoms with van der Waals surface area (Å²) in [6, 6.07) is 1.85. The predicted molar refractivity (Wildman–Crippen MR) is 139 cm³/mol. The highest BCUT2D eigenvalue weighted by Gasteiger charge is 2.49. The van der Waals surface area contributed by atoms with Gasteiger partial charge in [0.1, 0.15) is 24.2 Å². The van der Waals surface area contributed by atoms with Crippen molar-refractivity contribution in [3.8, 4) is 11.3 Å². The lowest BCUT2D eigenvalue weighted by Crippen LogP contribution is -2.52. The average Bonchev–Trinajstić information content (AvgIpc) is 3.56. The van der Waals surface area contributed by atoms with Crippen LogP contribution in [-0.4, -0.2) is 112 Å². The highest BCUT2D eigenvalue weighted by molar-refractivity contribution is 5.94. The topological polar surface area (TPSA) is 142 Å². The number of rotatable bonds is 7. The molecule has 0 aliphatic carbocycles. The van der Waals surface area contributed by atoms with Crippen molar-refractivity contribution in [2.75, 3.05) is 26.7 Å². The number of likely N-dealkylation sites (tertiary alicyclic amines) is 1. The zero-order chi connectivity index (χ0) is 27.1. The van der Waals surface area contributed by atoms with Gasteiger partial charge in [0, 0.05) is 43.0 Å². The van der Waals surface area contributed by atoms with Crippen molar-refractivity contribution >= 4 is 16.9 Å². The van der Waals surface area contributed by atoms with Gasteiger partial charge in [0.05, 0.1) is 17.5 Å². The normalized spacial score (nSPS) is 25.8. The fraction of sp³-hybridized carbons (Fsp3) is 0.615. The zero-order valence-corrected chi connectivity index (χ0v) is 22.3. The molecule has 12 nitrogen and oxygen atoms in total. The summed E-state index contributed by atoms with van der Waals surface area (Å²) in [5.41, 5.74) is 2.73. The van der Waals surface area contributed by atoms with E-state index < -0.39 is 30.6 Å². The van der Waals surface area contributed by atoms with Crippen LogP contribution in [-0.2, 0) is 16.6 Å². The van der Waals surface area contributed by atoms with Gasteiger partial charge in [-0.15, -0.1) is 0 Å². The number of aliphatic hydroxyl groups excluding tert-OH is 3. The molecule has 0 spiro atoms. The molecule has 0 radical (unpaired) electrons. The Morgan fingerprint density at radius 2 is 1.95 bits per heavy atom. The lowest BCUT2D eigenvalue weighted by atomic mass is 10.0. The summed E-state index contributed by atoms with van der Waals surface area (Å²) >= 11 is 0. The van der Waals surface area contributed by atoms with Crippen LogP contribution in [0.1, 0.15) is 38.1 Å². The Kier molecular flexibility index (Phi) is 7.51. The second-order valence-corrected chi connectivity index (χ2v) is 10.6. The molecule has 12 heteroatoms. The van der Waals surface area contributed by atoms with Crippen molar-refractivity contribution < 1.29 is 24.9 Å². The summed E-state index contributed by atoms with van der Waals surface area (Å²) in [7, 11) is 3.88. The molecule has 3 aromatic heterocycles. The minimum absolute atomic E-state index is 0.0250. The number of hydrogen-bond donors (Lipinski definition) is 3. The number of hydrogen-bond acceptors (Lipinski definition) is 9. The van der Waals surface area contributed by atoms with Crippen LogP contribution >= 0.6 is 0 Å². The van der Waals surface area contributed by atoms with E-state index in [0.717, 1.165) is 42.6 Å². The molecule has 5 heterocycles. The highest BCUT2D eigenvalue weighted by atomic mass is 16.6. The van der Waals surface area contributed by atoms with Crippen molar-refractivity contribution in [2.24, 2.45) is 7.05 Å². The molecule has 0 aromatic carbocycles. The monoisotopic (exact) mass is 527 g/mol. The van der Waals surface area contributed by atoms with Gasteiger partial charge >= 0.3 is 0 Å². The molecule has 2 aliphatic heterocycles. The Bertz CT molecular complexity index is 1280. The van der Waals surface area contributed by atoms with E-state index in [1.807, 2.05) is 26.2 Å². The predicted octanol–water partition coefficient (Wildman–Crippen LogP) is 0.453. The van der Waals surface area contributed by atoms with Gasteiger partial charge in [-0.25, -0.2) is 9.97 Å². The third-order valence-electron chi connectivity index (χ3n) is 7.74. The molecule has 0 bridgehead atoms. The van der Waals surface area contributed by atoms with Crippen molar-refractivity contribution in [1.29, 1.82) is 0 Å². The summed E-state index contributed by atoms with van der Waals surface area (Å²) in [5, 5.41) is 37.3. The van der Waals surface area contributed by atoms with Gasteiger partial charge in [0.15, 0.2) is 12.3 Å². The standard InChI is InChI=1S/C26H37N7O5/c1-15(34)5-12-32(17-6-9-30(3)10-7-17)25(37)23-21(35)22(36)26(38-23)33-13-18(19-8-11-31(4)29-19)20-16(2)27-14-28-24(20)33/h8,11,13-15,17,21-23,26,34-36H,5-7,9-10,12H2,1-4H3/t15?,21-,22+,23-,26+/m0/s1. The van der Waals surface area contributed by atoms with Crippen LogP contribution in [0.15, 0.2) is 24.8 Å². The number of aromatic nitrogens is 5. The Morgan fingerprint density at radius 3 is 2.61 bits per heavy atom. The maximum absolute atomic E-state index is 13.8. The maximum Gasteiger partial charge on any atom is 0.254 e. The molecule has 2 saturated heterocycles. The van der Waals surface area contributed by atoms with E-state index in [-0.39, 0.29) is 11.9 Å². The number of carbonyl (C=O) groups excluding carboxylic acids is 1. The lowest BCUT2D eigenvalue weighted by molar-refractivity contribution is -0.152. The quantitative estimate of drug-likeness (QED) is 0.399. The van der Waals surface area contributed by atoms with Crippen LogP contribution in [0.3, 0.4) is 0 Å². The van der Waals surface area contributed by atoms with E-state index in [0.29, 0.717) is 24.3 Å². The lowest BCUT2D eigenvalue weighted by Gasteiger charge is -2.39. The number of nitrogens with zero attached hydrogens (tertiary/aromatic N) is 7. The molecule has 3 N–H and O–H groups in total. The second kappa shape index (κ2) is 10.7. The van der Waals surface area contributed by atoms with Crippen LogP contribution in [0.2, 0.25) is 0 Å². The minimum atomic E-state index is -1.42. The smallest absolute Gasteiger partial charge is 0.254 e. The number of ether oxygens (including phenoxy) is 1. The van der Waals surface area contributed by atoms with E-state index in [9.17, 15) is 20.1 Å². The van der Waals surface area contributed by atoms with Gasteiger partial charge in [0.2, 0.25) is 0 Å². The molecule has 0 saturated carbocycles. The van der Waals surface area contributed by atoms with E-state index in [1.165, 1.54) is 6.33 Å². The van der Waals surface area contributed by atoms with Gasteiger partial charge in [-0.3, -0.25) is 9.48 Å². The maximum atomic E-state index is 13.8. The summed E-state index contributed by atoms with van der Waals surface area (Å²) in [4.78, 5) is 26.5. The number of aliphatic hydroxyl groups is 3. The summed E-state index contributed by atoms with van der Waals surface area (Å²) in [5.74, 6) is -0.374. The van der Waals surface area contributed by atoms with Gasteiger partial charge in [-0.2, -0.15) is 5.10 Å². The largest absolute Gasteiger partial charge is 0.393 e. The Balaban J connectivity index is 1.46. The van der Waals surface area contributed by atoms with E-state index in [2.05, 4.69) is 27.0 Å². The number of aryl methyl sites for hydroxylation is 2. The number of carbonyl (C=O) groups is 1. The number of piperidine rings is 1. The van der Waals surface area contributed by atoms with Crippen molar-refractivity contribution in [3.05, 3.63) is 30.5 Å². The van der Waals surface area contributed by atoms with E-state index >= 15 is 0 Å². The summed E-state index contributed by atoms with van der Waals surface area (Å²) in [6.07, 6.45) is 1.43. The first-order valence-electron chi connectivity index (χ1n) is 13.2. The Hall–Kier alpha value is -2.90. The third kappa shape index (κ3) is 4.94. The highest BCUT2D eigenvalue weighted by Crippen LogP contribution is 2.38. The Morgan fingerprint density at radius 1 is 1.21 bits per heavy atom. The van der Waals surface area contributed by atoms with E-state index in [4.69, 9.17) is 4.74 Å². The van der Waals surface area contributed by atoms with Crippen molar-refractivity contribution in [3.63, 3.8) is 0 Å². The molecule has 2 aliphatic rings. The molecule has 5 atom stereocenters. The number of fused-ring (bicyclic) bond motifs is 1. The Labute approximate surface area is 221 Å². The molecule has 1 amide bonds. The van der Waals surface area contributed by atoms with Gasteiger partial charge in [-0.1, -0.05) is 0 Å². The van der Waals surface area contributed by atoms with Crippen LogP contribution in [0.25, 0.3) is 22.3 Å². The molecular formula is C26H37N7O5. The molecule has 3 aromatic rings. The molecule has 1 unspecified atom stereocenters. The van der Waals surface area contributed by atoms with Gasteiger partial charge in [-0.05, 0) is 59.3 Å². The summed E-state index contributed by atoms with van der Waals surface area (Å²) < 4.78 is 9.50. The fourth-order valence-electron chi connectivity index (χ4n) is 5.55. The van der Waals surface area contributed by atoms with Gasteiger partial charge in [0.25, 0.3) is 5.91 Å². The summed E-state index contributed by atoms with van der Waals surface area (Å²) in [6.45, 7) is 5.62. The molecule has 2 fully saturated rings. The van der Waals surface area contributed by atoms with Crippen molar-refractivity contribution in [2.45, 2.75) is 69.8 Å². The minimum Gasteiger partial charge on any atom is -0.393 e. The zero-order valence-electron chi connectivity index (χ0n) is 22.3. The molecule has 5 rings (SSSR count). The van der Waals surface area contributed by atoms with Crippen LogP contribution in [0, 0.1) is 6.92 Å². The first-order valence-corrected chi connectivity index (χ1v) is 13.2. The van der Waals surface area contributed by atoms with Crippen molar-refractivity contribution in [1.82, 2.24) is 34.1 Å². The first kappa shape index (κ1) is 26.7. The SMILES string of the molecule is Cc1ncnc2c1c(-c1ccn(C)n1)cn2[C@@H]1O[C@H](C(=O)N(CCC(C)O)C2CCN(C)CC2)[C@@H](O)[C@H]1O. The first-order chi connectivity index (χ1) is 18.2. The fourth-order valence-corrected chi connectivity index (χ4v) is 5.55. The molecule has 38 heavy (non-hydrogen) atoms. The van der Waals surface area contributed by atoms with Crippen LogP contribution < -0.4 is 0 Å². The second-order valence-electron chi connectivity index (χ2n) is 10.6. The molecule has 206 valence electrons. The number of amides is 1. The van der Waals surface area contributed by atoms with Crippen LogP contribution in [0.4, 0.5) is 0 Å². The van der Waals surface area contributed by atoms with Crippen LogP contribution in [0.5, 0.6) is 0 Å².